The summed E-state index contributed by atoms with van der Waals surface area (Å²) in [5, 5.41) is 12.9. The lowest BCUT2D eigenvalue weighted by molar-refractivity contribution is -0.138. The lowest BCUT2D eigenvalue weighted by Gasteiger charge is -2.33. The van der Waals surface area contributed by atoms with Gasteiger partial charge in [-0.25, -0.2) is 4.98 Å². The van der Waals surface area contributed by atoms with Gasteiger partial charge in [0.1, 0.15) is 23.4 Å². The Kier molecular flexibility index (Phi) is 6.56. The molecule has 3 aromatic rings. The van der Waals surface area contributed by atoms with Crippen molar-refractivity contribution in [1.29, 1.82) is 5.26 Å². The predicted molar refractivity (Wildman–Crippen MR) is 139 cm³/mol. The lowest BCUT2D eigenvalue weighted by atomic mass is 9.80. The number of aromatic amines is 1. The number of pyridine rings is 1. The van der Waals surface area contributed by atoms with Crippen LogP contribution >= 0.6 is 0 Å². The van der Waals surface area contributed by atoms with Gasteiger partial charge < -0.3 is 20.1 Å². The number of anilines is 1. The van der Waals surface area contributed by atoms with E-state index in [4.69, 9.17) is 0 Å². The molecule has 2 aliphatic heterocycles. The molecule has 2 N–H and O–H groups in total. The molecule has 4 heterocycles. The minimum atomic E-state index is -4.59. The van der Waals surface area contributed by atoms with Crippen molar-refractivity contribution in [3.63, 3.8) is 0 Å². The first-order valence-corrected chi connectivity index (χ1v) is 12.8. The summed E-state index contributed by atoms with van der Waals surface area (Å²) >= 11 is 0. The third-order valence-electron chi connectivity index (χ3n) is 7.71. The molecule has 1 saturated heterocycles. The monoisotopic (exact) mass is 552 g/mol. The van der Waals surface area contributed by atoms with Gasteiger partial charge in [-0.1, -0.05) is 32.0 Å². The van der Waals surface area contributed by atoms with E-state index in [-0.39, 0.29) is 47.9 Å². The molecule has 208 valence electrons. The van der Waals surface area contributed by atoms with Gasteiger partial charge >= 0.3 is 6.18 Å². The van der Waals surface area contributed by atoms with Gasteiger partial charge in [-0.15, -0.1) is 0 Å². The number of benzene rings is 1. The Morgan fingerprint density at radius 1 is 1.27 bits per heavy atom. The molecule has 0 saturated carbocycles. The van der Waals surface area contributed by atoms with Crippen LogP contribution in [0.15, 0.2) is 42.6 Å². The number of carbonyl (C=O) groups excluding carboxylic acids is 3. The van der Waals surface area contributed by atoms with Gasteiger partial charge in [-0.2, -0.15) is 18.4 Å². The van der Waals surface area contributed by atoms with Gasteiger partial charge in [0, 0.05) is 37.3 Å². The van der Waals surface area contributed by atoms with Crippen LogP contribution in [0.4, 0.5) is 18.9 Å². The summed E-state index contributed by atoms with van der Waals surface area (Å²) in [7, 11) is 1.44. The number of nitrogens with zero attached hydrogens (tertiary/aromatic N) is 4. The molecule has 9 nitrogen and oxygen atoms in total. The predicted octanol–water partition coefficient (Wildman–Crippen LogP) is 4.08. The molecule has 1 fully saturated rings. The fourth-order valence-electron chi connectivity index (χ4n) is 5.67. The highest BCUT2D eigenvalue weighted by Gasteiger charge is 2.56. The number of carbonyl (C=O) groups is 3. The summed E-state index contributed by atoms with van der Waals surface area (Å²) in [6, 6.07) is 9.63. The topological polar surface area (TPSA) is 122 Å². The van der Waals surface area contributed by atoms with Crippen molar-refractivity contribution in [2.45, 2.75) is 50.4 Å². The van der Waals surface area contributed by atoms with E-state index in [1.807, 2.05) is 19.9 Å². The van der Waals surface area contributed by atoms with Crippen molar-refractivity contribution in [2.24, 2.45) is 5.92 Å². The summed E-state index contributed by atoms with van der Waals surface area (Å²) in [5.41, 5.74) is -0.563. The summed E-state index contributed by atoms with van der Waals surface area (Å²) in [4.78, 5) is 49.8. The van der Waals surface area contributed by atoms with Gasteiger partial charge in [-0.3, -0.25) is 14.4 Å². The molecular formula is C28H27F3N6O3. The number of H-pyrrole nitrogens is 1. The number of halogens is 3. The molecule has 0 bridgehead atoms. The zero-order valence-electron chi connectivity index (χ0n) is 22.0. The molecule has 2 aromatic heterocycles. The second-order valence-electron chi connectivity index (χ2n) is 10.8. The Balaban J connectivity index is 1.45. The Labute approximate surface area is 228 Å². The number of amides is 3. The first-order valence-electron chi connectivity index (χ1n) is 12.8. The van der Waals surface area contributed by atoms with E-state index < -0.39 is 41.1 Å². The maximum Gasteiger partial charge on any atom is 0.417 e. The molecule has 1 aromatic carbocycles. The Hall–Kier alpha value is -4.40. The summed E-state index contributed by atoms with van der Waals surface area (Å²) in [6.45, 7) is 3.76. The summed E-state index contributed by atoms with van der Waals surface area (Å²) in [6.07, 6.45) is -3.51. The van der Waals surface area contributed by atoms with E-state index in [2.05, 4.69) is 21.4 Å². The van der Waals surface area contributed by atoms with Crippen molar-refractivity contribution >= 4 is 34.4 Å². The number of fused-ring (bicyclic) bond motifs is 3. The molecule has 3 atom stereocenters. The van der Waals surface area contributed by atoms with Crippen molar-refractivity contribution in [1.82, 2.24) is 19.8 Å². The standard InChI is InChI=1S/C28H27F3N6O3/c1-15(2)8-22(36(3)24(38)21-10-16-9-17(28(29,30)31)13-33-23(16)34-21)25(39)37-14-27(11-18(37)12-32)19-6-4-5-7-20(19)35-26(27)40/h4-7,9-10,13,15,18,22H,8,11,14H2,1-3H3,(H,33,34)(H,35,40)/t18-,22-,27-/m0/s1. The maximum absolute atomic E-state index is 14.0. The highest BCUT2D eigenvalue weighted by molar-refractivity contribution is 6.07. The normalized spacial score (nSPS) is 21.0. The second-order valence-corrected chi connectivity index (χ2v) is 10.8. The Morgan fingerprint density at radius 2 is 2.00 bits per heavy atom. The number of likely N-dealkylation sites (N-methyl/N-ethyl adjacent to an activating group) is 1. The fraction of sp³-hybridized carbons (Fsp3) is 0.393. The number of hydrogen-bond donors (Lipinski definition) is 2. The van der Waals surface area contributed by atoms with Crippen LogP contribution in [0.5, 0.6) is 0 Å². The van der Waals surface area contributed by atoms with Gasteiger partial charge in [-0.05, 0) is 36.1 Å². The summed E-state index contributed by atoms with van der Waals surface area (Å²) in [5.74, 6) is -1.39. The van der Waals surface area contributed by atoms with Crippen LogP contribution in [0.2, 0.25) is 0 Å². The number of aromatic nitrogens is 2. The molecule has 40 heavy (non-hydrogen) atoms. The van der Waals surface area contributed by atoms with Crippen LogP contribution in [0.3, 0.4) is 0 Å². The van der Waals surface area contributed by atoms with Gasteiger partial charge in [0.25, 0.3) is 5.91 Å². The van der Waals surface area contributed by atoms with Crippen LogP contribution in [0.1, 0.15) is 48.3 Å². The number of likely N-dealkylation sites (tertiary alicyclic amines) is 1. The van der Waals surface area contributed by atoms with Crippen LogP contribution in [-0.2, 0) is 21.2 Å². The van der Waals surface area contributed by atoms with Crippen molar-refractivity contribution in [3.05, 3.63) is 59.4 Å². The lowest BCUT2D eigenvalue weighted by Crippen LogP contribution is -2.52. The van der Waals surface area contributed by atoms with Gasteiger partial charge in [0.2, 0.25) is 11.8 Å². The largest absolute Gasteiger partial charge is 0.417 e. The Morgan fingerprint density at radius 3 is 2.67 bits per heavy atom. The van der Waals surface area contributed by atoms with Crippen molar-refractivity contribution in [3.8, 4) is 6.07 Å². The average Bonchev–Trinajstić information content (AvgIpc) is 3.59. The van der Waals surface area contributed by atoms with Gasteiger partial charge in [0.05, 0.1) is 17.0 Å². The third-order valence-corrected chi connectivity index (χ3v) is 7.71. The molecule has 5 rings (SSSR count). The second kappa shape index (κ2) is 9.66. The molecule has 0 aliphatic carbocycles. The molecule has 3 amide bonds. The Bertz CT molecular complexity index is 1560. The van der Waals surface area contributed by atoms with Gasteiger partial charge in [0.15, 0.2) is 0 Å². The molecular weight excluding hydrogens is 525 g/mol. The van der Waals surface area contributed by atoms with Crippen molar-refractivity contribution < 1.29 is 27.6 Å². The minimum absolute atomic E-state index is 0.0138. The third kappa shape index (κ3) is 4.45. The number of para-hydroxylation sites is 1. The SMILES string of the molecule is CC(C)C[C@@H](C(=O)N1C[C@]2(C[C@H]1C#N)C(=O)Nc1ccccc12)N(C)C(=O)c1cc2cc(C(F)(F)F)cnc2[nH]1. The van der Waals surface area contributed by atoms with E-state index in [0.29, 0.717) is 11.9 Å². The van der Waals surface area contributed by atoms with E-state index in [1.54, 1.807) is 18.2 Å². The zero-order chi connectivity index (χ0) is 29.0. The van der Waals surface area contributed by atoms with Crippen LogP contribution in [0, 0.1) is 17.2 Å². The van der Waals surface area contributed by atoms with Crippen molar-refractivity contribution in [2.75, 3.05) is 18.9 Å². The molecule has 12 heteroatoms. The highest BCUT2D eigenvalue weighted by Crippen LogP contribution is 2.46. The fourth-order valence-corrected chi connectivity index (χ4v) is 5.67. The van der Waals surface area contributed by atoms with E-state index in [0.717, 1.165) is 11.6 Å². The maximum atomic E-state index is 14.0. The number of hydrogen-bond acceptors (Lipinski definition) is 5. The quantitative estimate of drug-likeness (QED) is 0.494. The number of nitrogens with one attached hydrogen (secondary N) is 2. The van der Waals surface area contributed by atoms with Crippen LogP contribution < -0.4 is 5.32 Å². The minimum Gasteiger partial charge on any atom is -0.335 e. The zero-order valence-corrected chi connectivity index (χ0v) is 22.0. The summed E-state index contributed by atoms with van der Waals surface area (Å²) < 4.78 is 39.4. The van der Waals surface area contributed by atoms with E-state index in [9.17, 15) is 32.8 Å². The van der Waals surface area contributed by atoms with Crippen LogP contribution in [-0.4, -0.2) is 63.2 Å². The van der Waals surface area contributed by atoms with E-state index in [1.165, 1.54) is 22.9 Å². The number of alkyl halides is 3. The molecule has 1 spiro atoms. The number of rotatable bonds is 5. The first-order chi connectivity index (χ1) is 18.9. The van der Waals surface area contributed by atoms with Crippen LogP contribution in [0.25, 0.3) is 11.0 Å². The molecule has 0 radical (unpaired) electrons. The first kappa shape index (κ1) is 27.2. The molecule has 0 unspecified atom stereocenters. The highest BCUT2D eigenvalue weighted by atomic mass is 19.4. The average molecular weight is 553 g/mol. The van der Waals surface area contributed by atoms with E-state index >= 15 is 0 Å². The smallest absolute Gasteiger partial charge is 0.335 e. The molecule has 2 aliphatic rings. The number of nitriles is 1.